The fraction of sp³-hybridized carbons (Fsp3) is 0.318. The second-order valence-electron chi connectivity index (χ2n) is 7.49. The van der Waals surface area contributed by atoms with Gasteiger partial charge in [0.2, 0.25) is 5.91 Å². The first-order valence-corrected chi connectivity index (χ1v) is 11.1. The molecule has 0 saturated carbocycles. The summed E-state index contributed by atoms with van der Waals surface area (Å²) in [5.41, 5.74) is 1.81. The van der Waals surface area contributed by atoms with E-state index in [4.69, 9.17) is 35.4 Å². The van der Waals surface area contributed by atoms with E-state index in [1.54, 1.807) is 30.3 Å². The third-order valence-electron chi connectivity index (χ3n) is 4.98. The lowest BCUT2D eigenvalue weighted by Gasteiger charge is -2.38. The van der Waals surface area contributed by atoms with E-state index in [1.165, 1.54) is 0 Å². The highest BCUT2D eigenvalue weighted by Gasteiger charge is 2.25. The third kappa shape index (κ3) is 5.67. The number of piperazine rings is 1. The highest BCUT2D eigenvalue weighted by atomic mass is 35.5. The number of hydrogen-bond donors (Lipinski definition) is 2. The first-order valence-electron chi connectivity index (χ1n) is 9.97. The molecule has 0 bridgehead atoms. The number of nitrogens with one attached hydrogen (secondary N) is 2. The quantitative estimate of drug-likeness (QED) is 0.636. The Morgan fingerprint density at radius 2 is 1.61 bits per heavy atom. The molecule has 0 unspecified atom stereocenters. The number of para-hydroxylation sites is 1. The van der Waals surface area contributed by atoms with E-state index < -0.39 is 5.91 Å². The summed E-state index contributed by atoms with van der Waals surface area (Å²) < 4.78 is 0. The predicted octanol–water partition coefficient (Wildman–Crippen LogP) is 4.42. The Balaban J connectivity index is 1.70. The predicted molar refractivity (Wildman–Crippen MR) is 130 cm³/mol. The summed E-state index contributed by atoms with van der Waals surface area (Å²) in [4.78, 5) is 28.7. The van der Waals surface area contributed by atoms with E-state index in [0.717, 1.165) is 5.69 Å². The minimum atomic E-state index is -0.396. The van der Waals surface area contributed by atoms with Gasteiger partial charge in [-0.1, -0.05) is 55.2 Å². The number of hydrogen-bond acceptors (Lipinski definition) is 4. The standard InChI is InChI=1S/C22H24Cl2N4O2S/c1-14(2)21(30)28-12-10-27(11-13-28)19-17(24)8-5-9-18(19)25-22(31)26-20(29)15-6-3-4-7-16(15)23/h3-9,14H,10-13H2,1-2H3,(H2,25,26,29,31). The lowest BCUT2D eigenvalue weighted by molar-refractivity contribution is -0.134. The first-order chi connectivity index (χ1) is 14.8. The van der Waals surface area contributed by atoms with Gasteiger partial charge in [0.05, 0.1) is 27.0 Å². The molecule has 2 aromatic rings. The Hall–Kier alpha value is -2.35. The molecular weight excluding hydrogens is 455 g/mol. The molecule has 9 heteroatoms. The van der Waals surface area contributed by atoms with Crippen LogP contribution in [0, 0.1) is 5.92 Å². The van der Waals surface area contributed by atoms with Crippen molar-refractivity contribution in [2.45, 2.75) is 13.8 Å². The molecule has 0 aliphatic carbocycles. The summed E-state index contributed by atoms with van der Waals surface area (Å²) in [5, 5.41) is 6.77. The lowest BCUT2D eigenvalue weighted by atomic mass is 10.1. The Labute approximate surface area is 197 Å². The Bertz CT molecular complexity index is 991. The molecule has 1 fully saturated rings. The lowest BCUT2D eigenvalue weighted by Crippen LogP contribution is -2.50. The summed E-state index contributed by atoms with van der Waals surface area (Å²) in [6.07, 6.45) is 0. The number of anilines is 2. The zero-order chi connectivity index (χ0) is 22.5. The van der Waals surface area contributed by atoms with E-state index in [1.807, 2.05) is 30.9 Å². The maximum atomic E-state index is 12.5. The van der Waals surface area contributed by atoms with Crippen LogP contribution < -0.4 is 15.5 Å². The van der Waals surface area contributed by atoms with Crippen LogP contribution in [0.2, 0.25) is 10.0 Å². The van der Waals surface area contributed by atoms with Crippen molar-refractivity contribution in [2.75, 3.05) is 36.4 Å². The zero-order valence-corrected chi connectivity index (χ0v) is 19.7. The number of carbonyl (C=O) groups is 2. The second kappa shape index (κ2) is 10.3. The third-order valence-corrected chi connectivity index (χ3v) is 5.82. The van der Waals surface area contributed by atoms with Crippen molar-refractivity contribution in [1.29, 1.82) is 0 Å². The highest BCUT2D eigenvalue weighted by Crippen LogP contribution is 2.34. The molecule has 1 aliphatic heterocycles. The maximum absolute atomic E-state index is 12.5. The topological polar surface area (TPSA) is 64.7 Å². The first kappa shape index (κ1) is 23.3. The molecule has 6 nitrogen and oxygen atoms in total. The molecule has 1 aliphatic rings. The second-order valence-corrected chi connectivity index (χ2v) is 8.71. The molecule has 0 spiro atoms. The van der Waals surface area contributed by atoms with Gasteiger partial charge in [0.15, 0.2) is 5.11 Å². The number of thiocarbonyl (C=S) groups is 1. The summed E-state index contributed by atoms with van der Waals surface area (Å²) in [5.74, 6) is -0.267. The monoisotopic (exact) mass is 478 g/mol. The van der Waals surface area contributed by atoms with E-state index in [-0.39, 0.29) is 16.9 Å². The smallest absolute Gasteiger partial charge is 0.258 e. The van der Waals surface area contributed by atoms with Gasteiger partial charge in [-0.3, -0.25) is 14.9 Å². The zero-order valence-electron chi connectivity index (χ0n) is 17.3. The van der Waals surface area contributed by atoms with Crippen LogP contribution >= 0.6 is 35.4 Å². The minimum absolute atomic E-state index is 0.0248. The number of benzene rings is 2. The highest BCUT2D eigenvalue weighted by molar-refractivity contribution is 7.80. The number of amides is 2. The molecule has 0 atom stereocenters. The maximum Gasteiger partial charge on any atom is 0.258 e. The SMILES string of the molecule is CC(C)C(=O)N1CCN(c2c(Cl)cccc2NC(=S)NC(=O)c2ccccc2Cl)CC1. The van der Waals surface area contributed by atoms with Crippen LogP contribution in [0.3, 0.4) is 0 Å². The summed E-state index contributed by atoms with van der Waals surface area (Å²) in [7, 11) is 0. The van der Waals surface area contributed by atoms with Gasteiger partial charge in [-0.2, -0.15) is 0 Å². The molecule has 164 valence electrons. The molecule has 1 heterocycles. The van der Waals surface area contributed by atoms with Crippen molar-refractivity contribution in [3.05, 3.63) is 58.1 Å². The van der Waals surface area contributed by atoms with Gasteiger partial charge >= 0.3 is 0 Å². The van der Waals surface area contributed by atoms with Crippen molar-refractivity contribution in [3.63, 3.8) is 0 Å². The van der Waals surface area contributed by atoms with Gasteiger partial charge in [0.1, 0.15) is 0 Å². The Kier molecular flexibility index (Phi) is 7.75. The fourth-order valence-electron chi connectivity index (χ4n) is 3.42. The van der Waals surface area contributed by atoms with Crippen LogP contribution in [-0.4, -0.2) is 48.0 Å². The molecule has 1 saturated heterocycles. The molecule has 2 N–H and O–H groups in total. The van der Waals surface area contributed by atoms with Gasteiger partial charge in [-0.15, -0.1) is 0 Å². The summed E-state index contributed by atoms with van der Waals surface area (Å²) in [6, 6.07) is 12.2. The molecular formula is C22H24Cl2N4O2S. The molecule has 2 amide bonds. The van der Waals surface area contributed by atoms with Gasteiger partial charge in [0, 0.05) is 32.1 Å². The van der Waals surface area contributed by atoms with Crippen molar-refractivity contribution in [1.82, 2.24) is 10.2 Å². The van der Waals surface area contributed by atoms with E-state index in [2.05, 4.69) is 15.5 Å². The number of rotatable bonds is 4. The van der Waals surface area contributed by atoms with Crippen molar-refractivity contribution in [3.8, 4) is 0 Å². The van der Waals surface area contributed by atoms with Gasteiger partial charge in [-0.25, -0.2) is 0 Å². The fourth-order valence-corrected chi connectivity index (χ4v) is 4.14. The van der Waals surface area contributed by atoms with Gasteiger partial charge in [0.25, 0.3) is 5.91 Å². The van der Waals surface area contributed by atoms with Gasteiger partial charge in [-0.05, 0) is 36.5 Å². The number of halogens is 2. The number of nitrogens with zero attached hydrogens (tertiary/aromatic N) is 2. The van der Waals surface area contributed by atoms with Crippen LogP contribution in [0.1, 0.15) is 24.2 Å². The van der Waals surface area contributed by atoms with Crippen LogP contribution in [0.15, 0.2) is 42.5 Å². The Morgan fingerprint density at radius 1 is 0.968 bits per heavy atom. The van der Waals surface area contributed by atoms with Crippen molar-refractivity contribution < 1.29 is 9.59 Å². The normalized spacial score (nSPS) is 13.8. The number of carbonyl (C=O) groups excluding carboxylic acids is 2. The average Bonchev–Trinajstić information content (AvgIpc) is 2.73. The average molecular weight is 479 g/mol. The van der Waals surface area contributed by atoms with E-state index in [0.29, 0.717) is 47.5 Å². The van der Waals surface area contributed by atoms with Crippen molar-refractivity contribution >= 4 is 63.7 Å². The van der Waals surface area contributed by atoms with Gasteiger partial charge < -0.3 is 15.1 Å². The summed E-state index contributed by atoms with van der Waals surface area (Å²) >= 11 is 17.9. The summed E-state index contributed by atoms with van der Waals surface area (Å²) in [6.45, 7) is 6.35. The van der Waals surface area contributed by atoms with Crippen LogP contribution in [0.5, 0.6) is 0 Å². The molecule has 3 rings (SSSR count). The van der Waals surface area contributed by atoms with Crippen molar-refractivity contribution in [2.24, 2.45) is 5.92 Å². The molecule has 31 heavy (non-hydrogen) atoms. The van der Waals surface area contributed by atoms with Crippen LogP contribution in [0.25, 0.3) is 0 Å². The van der Waals surface area contributed by atoms with E-state index >= 15 is 0 Å². The molecule has 0 aromatic heterocycles. The van der Waals surface area contributed by atoms with Crippen LogP contribution in [-0.2, 0) is 4.79 Å². The molecule has 0 radical (unpaired) electrons. The van der Waals surface area contributed by atoms with Crippen LogP contribution in [0.4, 0.5) is 11.4 Å². The minimum Gasteiger partial charge on any atom is -0.365 e. The largest absolute Gasteiger partial charge is 0.365 e. The Morgan fingerprint density at radius 3 is 2.26 bits per heavy atom. The van der Waals surface area contributed by atoms with E-state index in [9.17, 15) is 9.59 Å². The molecule has 2 aromatic carbocycles.